The lowest BCUT2D eigenvalue weighted by molar-refractivity contribution is -0.146. The zero-order valence-electron chi connectivity index (χ0n) is 14.1. The molecule has 0 aliphatic rings. The smallest absolute Gasteiger partial charge is 0.302 e. The van der Waals surface area contributed by atoms with Crippen molar-refractivity contribution < 1.29 is 19.1 Å². The van der Waals surface area contributed by atoms with Crippen LogP contribution in [0.2, 0.25) is 0 Å². The molecule has 1 aromatic carbocycles. The topological polar surface area (TPSA) is 52.6 Å². The Bertz CT molecular complexity index is 522. The predicted molar refractivity (Wildman–Crippen MR) is 85.7 cm³/mol. The van der Waals surface area contributed by atoms with Crippen LogP contribution in [0, 0.1) is 0 Å². The molecule has 0 bridgehead atoms. The molecule has 4 nitrogen and oxygen atoms in total. The standard InChI is InChI=1S/C18H26O4/c1-6-16-8-7-9-17(10-12(2)21-14(4)19)18(16)11-13(3)22-15(5)20/h7-9,12-13H,6,10-11H2,1-5H3. The van der Waals surface area contributed by atoms with Crippen molar-refractivity contribution in [2.24, 2.45) is 0 Å². The van der Waals surface area contributed by atoms with Crippen LogP contribution in [-0.2, 0) is 38.3 Å². The van der Waals surface area contributed by atoms with E-state index in [4.69, 9.17) is 9.47 Å². The summed E-state index contributed by atoms with van der Waals surface area (Å²) in [6.45, 7) is 8.73. The summed E-state index contributed by atoms with van der Waals surface area (Å²) in [6, 6.07) is 6.17. The maximum atomic E-state index is 11.1. The van der Waals surface area contributed by atoms with Gasteiger partial charge in [0.15, 0.2) is 0 Å². The van der Waals surface area contributed by atoms with E-state index in [2.05, 4.69) is 19.1 Å². The van der Waals surface area contributed by atoms with Gasteiger partial charge in [0, 0.05) is 26.7 Å². The van der Waals surface area contributed by atoms with Gasteiger partial charge in [-0.2, -0.15) is 0 Å². The van der Waals surface area contributed by atoms with Gasteiger partial charge in [-0.25, -0.2) is 0 Å². The molecule has 122 valence electrons. The van der Waals surface area contributed by atoms with Gasteiger partial charge in [0.1, 0.15) is 12.2 Å². The third-order valence-electron chi connectivity index (χ3n) is 3.48. The first-order valence-corrected chi connectivity index (χ1v) is 7.77. The average molecular weight is 306 g/mol. The van der Waals surface area contributed by atoms with Gasteiger partial charge >= 0.3 is 11.9 Å². The van der Waals surface area contributed by atoms with Crippen LogP contribution in [0.15, 0.2) is 18.2 Å². The second-order valence-corrected chi connectivity index (χ2v) is 5.66. The Hall–Kier alpha value is -1.84. The minimum absolute atomic E-state index is 0.173. The van der Waals surface area contributed by atoms with Crippen LogP contribution in [0.25, 0.3) is 0 Å². The van der Waals surface area contributed by atoms with Gasteiger partial charge in [-0.1, -0.05) is 25.1 Å². The zero-order valence-corrected chi connectivity index (χ0v) is 14.1. The molecule has 0 heterocycles. The van der Waals surface area contributed by atoms with E-state index in [0.717, 1.165) is 12.0 Å². The number of ether oxygens (including phenoxy) is 2. The molecule has 1 aromatic rings. The average Bonchev–Trinajstić information content (AvgIpc) is 2.38. The summed E-state index contributed by atoms with van der Waals surface area (Å²) >= 11 is 0. The molecule has 0 aliphatic heterocycles. The van der Waals surface area contributed by atoms with Gasteiger partial charge in [0.25, 0.3) is 0 Å². The summed E-state index contributed by atoms with van der Waals surface area (Å²) in [4.78, 5) is 22.2. The Morgan fingerprint density at radius 1 is 0.955 bits per heavy atom. The highest BCUT2D eigenvalue weighted by Crippen LogP contribution is 2.21. The van der Waals surface area contributed by atoms with Crippen molar-refractivity contribution in [1.82, 2.24) is 0 Å². The molecule has 0 saturated carbocycles. The third-order valence-corrected chi connectivity index (χ3v) is 3.48. The number of hydrogen-bond acceptors (Lipinski definition) is 4. The lowest BCUT2D eigenvalue weighted by Gasteiger charge is -2.20. The number of carbonyl (C=O) groups is 2. The Labute approximate surface area is 132 Å². The van der Waals surface area contributed by atoms with Crippen molar-refractivity contribution in [3.8, 4) is 0 Å². The summed E-state index contributed by atoms with van der Waals surface area (Å²) in [5.74, 6) is -0.537. The Kier molecular flexibility index (Phi) is 7.09. The molecule has 0 aromatic heterocycles. The van der Waals surface area contributed by atoms with E-state index in [9.17, 15) is 9.59 Å². The summed E-state index contributed by atoms with van der Waals surface area (Å²) in [6.07, 6.45) is 1.90. The molecule has 22 heavy (non-hydrogen) atoms. The molecule has 2 unspecified atom stereocenters. The maximum absolute atomic E-state index is 11.1. The third kappa shape index (κ3) is 5.88. The number of aryl methyl sites for hydroxylation is 1. The largest absolute Gasteiger partial charge is 0.463 e. The summed E-state index contributed by atoms with van der Waals surface area (Å²) < 4.78 is 10.5. The normalized spacial score (nSPS) is 13.3. The van der Waals surface area contributed by atoms with E-state index in [1.807, 2.05) is 19.9 Å². The molecule has 1 rings (SSSR count). The van der Waals surface area contributed by atoms with Crippen LogP contribution in [0.5, 0.6) is 0 Å². The molecule has 0 fully saturated rings. The van der Waals surface area contributed by atoms with Crippen LogP contribution < -0.4 is 0 Å². The van der Waals surface area contributed by atoms with E-state index >= 15 is 0 Å². The first kappa shape index (κ1) is 18.2. The zero-order chi connectivity index (χ0) is 16.7. The molecule has 0 amide bonds. The van der Waals surface area contributed by atoms with Crippen molar-refractivity contribution >= 4 is 11.9 Å². The van der Waals surface area contributed by atoms with Crippen LogP contribution in [0.3, 0.4) is 0 Å². The second-order valence-electron chi connectivity index (χ2n) is 5.66. The van der Waals surface area contributed by atoms with E-state index < -0.39 is 0 Å². The number of hydrogen-bond donors (Lipinski definition) is 0. The molecule has 0 saturated heterocycles. The minimum Gasteiger partial charge on any atom is -0.463 e. The first-order valence-electron chi connectivity index (χ1n) is 7.77. The molecular formula is C18H26O4. The minimum atomic E-state index is -0.269. The monoisotopic (exact) mass is 306 g/mol. The van der Waals surface area contributed by atoms with E-state index in [-0.39, 0.29) is 24.1 Å². The van der Waals surface area contributed by atoms with Crippen molar-refractivity contribution in [2.75, 3.05) is 0 Å². The van der Waals surface area contributed by atoms with Crippen LogP contribution in [-0.4, -0.2) is 24.1 Å². The predicted octanol–water partition coefficient (Wildman–Crippen LogP) is 3.24. The van der Waals surface area contributed by atoms with Crippen LogP contribution >= 0.6 is 0 Å². The number of rotatable bonds is 7. The van der Waals surface area contributed by atoms with Crippen molar-refractivity contribution in [3.05, 3.63) is 34.9 Å². The Balaban J connectivity index is 2.96. The lowest BCUT2D eigenvalue weighted by atomic mass is 9.92. The second kappa shape index (κ2) is 8.57. The molecule has 2 atom stereocenters. The molecule has 0 spiro atoms. The highest BCUT2D eigenvalue weighted by Gasteiger charge is 2.16. The van der Waals surface area contributed by atoms with Gasteiger partial charge in [-0.3, -0.25) is 9.59 Å². The van der Waals surface area contributed by atoms with Gasteiger partial charge in [-0.15, -0.1) is 0 Å². The highest BCUT2D eigenvalue weighted by molar-refractivity contribution is 5.66. The summed E-state index contributed by atoms with van der Waals surface area (Å²) in [5.41, 5.74) is 3.58. The van der Waals surface area contributed by atoms with Crippen LogP contribution in [0.4, 0.5) is 0 Å². The van der Waals surface area contributed by atoms with Crippen LogP contribution in [0.1, 0.15) is 51.3 Å². The van der Waals surface area contributed by atoms with Crippen molar-refractivity contribution in [3.63, 3.8) is 0 Å². The maximum Gasteiger partial charge on any atom is 0.302 e. The van der Waals surface area contributed by atoms with E-state index in [1.165, 1.54) is 25.0 Å². The fraction of sp³-hybridized carbons (Fsp3) is 0.556. The van der Waals surface area contributed by atoms with E-state index in [1.54, 1.807) is 0 Å². The van der Waals surface area contributed by atoms with Gasteiger partial charge < -0.3 is 9.47 Å². The summed E-state index contributed by atoms with van der Waals surface area (Å²) in [5, 5.41) is 0. The Morgan fingerprint density at radius 2 is 1.45 bits per heavy atom. The molecule has 4 heteroatoms. The first-order chi connectivity index (χ1) is 10.3. The quantitative estimate of drug-likeness (QED) is 0.726. The highest BCUT2D eigenvalue weighted by atomic mass is 16.5. The molecular weight excluding hydrogens is 280 g/mol. The number of benzene rings is 1. The number of carbonyl (C=O) groups excluding carboxylic acids is 2. The lowest BCUT2D eigenvalue weighted by Crippen LogP contribution is -2.20. The van der Waals surface area contributed by atoms with Gasteiger partial charge in [-0.05, 0) is 37.0 Å². The van der Waals surface area contributed by atoms with Gasteiger partial charge in [0.05, 0.1) is 0 Å². The molecule has 0 aliphatic carbocycles. The SMILES string of the molecule is CCc1cccc(CC(C)OC(C)=O)c1CC(C)OC(C)=O. The van der Waals surface area contributed by atoms with Gasteiger partial charge in [0.2, 0.25) is 0 Å². The fourth-order valence-electron chi connectivity index (χ4n) is 2.72. The van der Waals surface area contributed by atoms with E-state index in [0.29, 0.717) is 12.8 Å². The Morgan fingerprint density at radius 3 is 1.95 bits per heavy atom. The molecule has 0 N–H and O–H groups in total. The van der Waals surface area contributed by atoms with Crippen molar-refractivity contribution in [2.45, 2.75) is 66.1 Å². The number of esters is 2. The fourth-order valence-corrected chi connectivity index (χ4v) is 2.72. The molecule has 0 radical (unpaired) electrons. The summed E-state index contributed by atoms with van der Waals surface area (Å²) in [7, 11) is 0. The van der Waals surface area contributed by atoms with Crippen molar-refractivity contribution in [1.29, 1.82) is 0 Å².